The molecule has 1 amide bonds. The van der Waals surface area contributed by atoms with Crippen LogP contribution in [0.1, 0.15) is 24.2 Å². The fourth-order valence-electron chi connectivity index (χ4n) is 2.01. The summed E-state index contributed by atoms with van der Waals surface area (Å²) in [4.78, 5) is 22.7. The van der Waals surface area contributed by atoms with Crippen LogP contribution in [-0.4, -0.2) is 20.6 Å². The van der Waals surface area contributed by atoms with Gasteiger partial charge in [0.05, 0.1) is 10.8 Å². The van der Waals surface area contributed by atoms with Gasteiger partial charge in [0, 0.05) is 10.7 Å². The van der Waals surface area contributed by atoms with Crippen LogP contribution in [0.2, 0.25) is 5.02 Å². The van der Waals surface area contributed by atoms with Gasteiger partial charge in [-0.1, -0.05) is 17.7 Å². The second-order valence-electron chi connectivity index (χ2n) is 5.05. The van der Waals surface area contributed by atoms with Gasteiger partial charge >= 0.3 is 5.82 Å². The van der Waals surface area contributed by atoms with Crippen LogP contribution in [0.3, 0.4) is 0 Å². The quantitative estimate of drug-likeness (QED) is 0.619. The summed E-state index contributed by atoms with van der Waals surface area (Å²) >= 11 is 9.16. The number of amides is 1. The maximum atomic E-state index is 12.4. The van der Waals surface area contributed by atoms with Gasteiger partial charge in [-0.05, 0) is 59.3 Å². The van der Waals surface area contributed by atoms with Gasteiger partial charge in [-0.3, -0.25) is 4.79 Å². The van der Waals surface area contributed by atoms with Crippen molar-refractivity contribution in [1.29, 1.82) is 0 Å². The highest BCUT2D eigenvalue weighted by Gasteiger charge is 2.29. The predicted molar refractivity (Wildman–Crippen MR) is 90.8 cm³/mol. The highest BCUT2D eigenvalue weighted by Crippen LogP contribution is 2.29. The fourth-order valence-corrected chi connectivity index (χ4v) is 2.59. The molecule has 0 saturated heterocycles. The van der Waals surface area contributed by atoms with E-state index in [9.17, 15) is 14.9 Å². The van der Waals surface area contributed by atoms with Crippen molar-refractivity contribution in [3.63, 3.8) is 0 Å². The van der Waals surface area contributed by atoms with E-state index >= 15 is 0 Å². The summed E-state index contributed by atoms with van der Waals surface area (Å²) in [7, 11) is 0. The molecule has 0 bridgehead atoms. The summed E-state index contributed by atoms with van der Waals surface area (Å²) < 4.78 is 1.58. The molecule has 0 fully saturated rings. The molecule has 7 nitrogen and oxygen atoms in total. The van der Waals surface area contributed by atoms with Crippen LogP contribution in [0.25, 0.3) is 0 Å². The van der Waals surface area contributed by atoms with E-state index in [1.807, 2.05) is 6.92 Å². The summed E-state index contributed by atoms with van der Waals surface area (Å²) in [6.45, 7) is 5.12. The summed E-state index contributed by atoms with van der Waals surface area (Å²) in [5, 5.41) is 18.1. The maximum absolute atomic E-state index is 12.4. The molecule has 1 aromatic carbocycles. The van der Waals surface area contributed by atoms with Gasteiger partial charge in [0.15, 0.2) is 0 Å². The summed E-state index contributed by atoms with van der Waals surface area (Å²) in [6, 6.07) is 4.46. The number of carbonyl (C=O) groups excluding carboxylic acids is 1. The van der Waals surface area contributed by atoms with E-state index < -0.39 is 11.0 Å². The van der Waals surface area contributed by atoms with E-state index in [0.717, 1.165) is 5.56 Å². The lowest BCUT2D eigenvalue weighted by atomic mass is 10.2. The number of halogens is 2. The number of benzene rings is 1. The highest BCUT2D eigenvalue weighted by molar-refractivity contribution is 9.10. The molecule has 0 saturated carbocycles. The van der Waals surface area contributed by atoms with Crippen LogP contribution in [0.15, 0.2) is 22.7 Å². The minimum Gasteiger partial charge on any atom is -0.358 e. The highest BCUT2D eigenvalue weighted by atomic mass is 79.9. The van der Waals surface area contributed by atoms with E-state index in [-0.39, 0.29) is 16.2 Å². The van der Waals surface area contributed by atoms with E-state index in [0.29, 0.717) is 16.4 Å². The maximum Gasteiger partial charge on any atom is 0.404 e. The fraction of sp³-hybridized carbons (Fsp3) is 0.286. The number of rotatable bonds is 4. The molecule has 0 aliphatic carbocycles. The Bertz CT molecular complexity index is 791. The van der Waals surface area contributed by atoms with Crippen LogP contribution in [0, 0.1) is 24.0 Å². The van der Waals surface area contributed by atoms with E-state index in [2.05, 4.69) is 26.3 Å². The second kappa shape index (κ2) is 6.67. The molecule has 122 valence electrons. The van der Waals surface area contributed by atoms with Crippen molar-refractivity contribution in [2.24, 2.45) is 0 Å². The Balaban J connectivity index is 2.24. The van der Waals surface area contributed by atoms with Gasteiger partial charge in [-0.25, -0.2) is 0 Å². The van der Waals surface area contributed by atoms with Gasteiger partial charge in [0.2, 0.25) is 0 Å². The van der Waals surface area contributed by atoms with E-state index in [1.54, 1.807) is 32.0 Å². The number of nitrogens with zero attached hydrogens (tertiary/aromatic N) is 3. The molecular weight excluding hydrogens is 388 g/mol. The first-order valence-corrected chi connectivity index (χ1v) is 7.85. The first-order chi connectivity index (χ1) is 10.7. The number of carbonyl (C=O) groups is 1. The normalized spacial score (nSPS) is 12.0. The third kappa shape index (κ3) is 3.53. The average Bonchev–Trinajstić information content (AvgIpc) is 2.78. The Kier molecular flexibility index (Phi) is 5.06. The molecule has 23 heavy (non-hydrogen) atoms. The number of hydrogen-bond donors (Lipinski definition) is 1. The zero-order valence-corrected chi connectivity index (χ0v) is 15.0. The lowest BCUT2D eigenvalue weighted by molar-refractivity contribution is -0.390. The van der Waals surface area contributed by atoms with Crippen molar-refractivity contribution in [1.82, 2.24) is 9.78 Å². The Morgan fingerprint density at radius 3 is 2.65 bits per heavy atom. The molecule has 2 rings (SSSR count). The zero-order chi connectivity index (χ0) is 17.3. The van der Waals surface area contributed by atoms with Crippen LogP contribution in [0.4, 0.5) is 11.5 Å². The van der Waals surface area contributed by atoms with Crippen LogP contribution in [0.5, 0.6) is 0 Å². The van der Waals surface area contributed by atoms with Crippen molar-refractivity contribution < 1.29 is 9.72 Å². The van der Waals surface area contributed by atoms with Gasteiger partial charge < -0.3 is 15.4 Å². The number of nitro groups is 1. The van der Waals surface area contributed by atoms with Crippen molar-refractivity contribution in [3.05, 3.63) is 49.1 Å². The number of aryl methyl sites for hydroxylation is 1. The Labute approximate surface area is 145 Å². The number of hydrogen-bond acceptors (Lipinski definition) is 4. The van der Waals surface area contributed by atoms with E-state index in [1.165, 1.54) is 4.68 Å². The molecule has 1 heterocycles. The second-order valence-corrected chi connectivity index (χ2v) is 6.25. The molecule has 0 spiro atoms. The first-order valence-electron chi connectivity index (χ1n) is 6.68. The van der Waals surface area contributed by atoms with Gasteiger partial charge in [-0.2, -0.15) is 4.68 Å². The van der Waals surface area contributed by atoms with Crippen LogP contribution >= 0.6 is 27.5 Å². The number of aromatic nitrogens is 2. The van der Waals surface area contributed by atoms with Crippen molar-refractivity contribution in [2.45, 2.75) is 26.8 Å². The molecule has 0 aliphatic heterocycles. The molecule has 1 unspecified atom stereocenters. The van der Waals surface area contributed by atoms with Crippen LogP contribution < -0.4 is 5.32 Å². The number of anilines is 1. The Morgan fingerprint density at radius 1 is 1.48 bits per heavy atom. The van der Waals surface area contributed by atoms with Crippen molar-refractivity contribution in [2.75, 3.05) is 5.32 Å². The molecule has 0 radical (unpaired) electrons. The van der Waals surface area contributed by atoms with Gasteiger partial charge in [-0.15, -0.1) is 0 Å². The first kappa shape index (κ1) is 17.4. The summed E-state index contributed by atoms with van der Waals surface area (Å²) in [5.74, 6) is -0.668. The third-order valence-corrected chi connectivity index (χ3v) is 4.75. The Hall–Kier alpha value is -1.93. The third-order valence-electron chi connectivity index (χ3n) is 3.42. The molecular formula is C14H14BrClN4O3. The molecule has 9 heteroatoms. The van der Waals surface area contributed by atoms with Gasteiger partial charge in [0.25, 0.3) is 5.91 Å². The minimum atomic E-state index is -0.722. The van der Waals surface area contributed by atoms with Crippen LogP contribution in [-0.2, 0) is 4.79 Å². The lowest BCUT2D eigenvalue weighted by Gasteiger charge is -2.12. The zero-order valence-electron chi connectivity index (χ0n) is 12.6. The molecule has 1 atom stereocenters. The predicted octanol–water partition coefficient (Wildman–Crippen LogP) is 4.02. The summed E-state index contributed by atoms with van der Waals surface area (Å²) in [6.07, 6.45) is 0. The molecule has 2 aromatic rings. The molecule has 1 aromatic heterocycles. The average molecular weight is 402 g/mol. The minimum absolute atomic E-state index is 0.264. The standard InChI is InChI=1S/C14H14BrClN4O3/c1-7-4-5-10(6-11(7)16)17-14(21)9(3)19-8(2)12(15)13(18-19)20(22)23/h4-6,9H,1-3H3,(H,17,21). The van der Waals surface area contributed by atoms with Crippen molar-refractivity contribution >= 4 is 44.9 Å². The topological polar surface area (TPSA) is 90.1 Å². The van der Waals surface area contributed by atoms with Crippen molar-refractivity contribution in [3.8, 4) is 0 Å². The molecule has 0 aliphatic rings. The lowest BCUT2D eigenvalue weighted by Crippen LogP contribution is -2.25. The summed E-state index contributed by atoms with van der Waals surface area (Å²) in [5.41, 5.74) is 1.96. The van der Waals surface area contributed by atoms with E-state index in [4.69, 9.17) is 11.6 Å². The largest absolute Gasteiger partial charge is 0.404 e. The number of nitrogens with one attached hydrogen (secondary N) is 1. The SMILES string of the molecule is Cc1ccc(NC(=O)C(C)n2nc([N+](=O)[O-])c(Br)c2C)cc1Cl. The smallest absolute Gasteiger partial charge is 0.358 e. The Morgan fingerprint density at radius 2 is 2.13 bits per heavy atom. The van der Waals surface area contributed by atoms with Gasteiger partial charge in [0.1, 0.15) is 10.5 Å². The molecule has 1 N–H and O–H groups in total. The monoisotopic (exact) mass is 400 g/mol.